The first-order valence-corrected chi connectivity index (χ1v) is 5.98. The van der Waals surface area contributed by atoms with Crippen molar-refractivity contribution >= 4 is 16.9 Å². The molecule has 3 aromatic rings. The van der Waals surface area contributed by atoms with Crippen molar-refractivity contribution in [3.63, 3.8) is 0 Å². The van der Waals surface area contributed by atoms with Crippen LogP contribution in [0.5, 0.6) is 0 Å². The molecule has 0 atom stereocenters. The van der Waals surface area contributed by atoms with Gasteiger partial charge in [-0.25, -0.2) is 4.98 Å². The summed E-state index contributed by atoms with van der Waals surface area (Å²) in [6, 6.07) is 15.6. The molecule has 4 nitrogen and oxygen atoms in total. The van der Waals surface area contributed by atoms with Crippen LogP contribution in [-0.2, 0) is 7.05 Å². The molecule has 1 aromatic heterocycles. The number of rotatable bonds is 1. The van der Waals surface area contributed by atoms with Crippen LogP contribution in [-0.4, -0.2) is 9.55 Å². The fourth-order valence-electron chi connectivity index (χ4n) is 2.10. The highest BCUT2D eigenvalue weighted by molar-refractivity contribution is 5.84. The number of hydrogen-bond acceptors (Lipinski definition) is 3. The number of benzene rings is 2. The average molecular weight is 251 g/mol. The predicted molar refractivity (Wildman–Crippen MR) is 76.8 cm³/mol. The second-order valence-electron chi connectivity index (χ2n) is 4.43. The van der Waals surface area contributed by atoms with Gasteiger partial charge in [0.2, 0.25) is 5.95 Å². The number of aromatic nitrogens is 2. The van der Waals surface area contributed by atoms with Gasteiger partial charge in [0.1, 0.15) is 0 Å². The molecular weight excluding hydrogens is 238 g/mol. The van der Waals surface area contributed by atoms with E-state index in [4.69, 9.17) is 5.73 Å². The Morgan fingerprint density at radius 3 is 2.53 bits per heavy atom. The van der Waals surface area contributed by atoms with Gasteiger partial charge in [0.05, 0.1) is 10.9 Å². The average Bonchev–Trinajstić information content (AvgIpc) is 2.45. The molecule has 19 heavy (non-hydrogen) atoms. The molecule has 0 bridgehead atoms. The highest BCUT2D eigenvalue weighted by atomic mass is 16.1. The van der Waals surface area contributed by atoms with Crippen molar-refractivity contribution in [2.75, 3.05) is 5.73 Å². The Hall–Kier alpha value is -2.62. The molecule has 4 heteroatoms. The first-order chi connectivity index (χ1) is 9.16. The van der Waals surface area contributed by atoms with Crippen LogP contribution < -0.4 is 11.3 Å². The molecule has 3 rings (SSSR count). The first-order valence-electron chi connectivity index (χ1n) is 5.98. The van der Waals surface area contributed by atoms with Gasteiger partial charge >= 0.3 is 0 Å². The summed E-state index contributed by atoms with van der Waals surface area (Å²) in [4.78, 5) is 16.3. The molecule has 0 spiro atoms. The summed E-state index contributed by atoms with van der Waals surface area (Å²) in [5.41, 5.74) is 8.34. The van der Waals surface area contributed by atoms with Gasteiger partial charge in [-0.1, -0.05) is 36.4 Å². The van der Waals surface area contributed by atoms with Crippen molar-refractivity contribution in [1.82, 2.24) is 9.55 Å². The Morgan fingerprint density at radius 1 is 1.05 bits per heavy atom. The topological polar surface area (TPSA) is 60.9 Å². The molecule has 0 aliphatic carbocycles. The number of hydrogen-bond donors (Lipinski definition) is 1. The van der Waals surface area contributed by atoms with Crippen LogP contribution in [0.25, 0.3) is 22.0 Å². The Balaban J connectivity index is 2.28. The van der Waals surface area contributed by atoms with E-state index in [0.717, 1.165) is 11.1 Å². The highest BCUT2D eigenvalue weighted by Gasteiger charge is 2.07. The van der Waals surface area contributed by atoms with E-state index in [0.29, 0.717) is 10.9 Å². The van der Waals surface area contributed by atoms with Crippen LogP contribution in [0.1, 0.15) is 0 Å². The van der Waals surface area contributed by atoms with Gasteiger partial charge in [-0.15, -0.1) is 0 Å². The summed E-state index contributed by atoms with van der Waals surface area (Å²) in [5.74, 6) is 0.225. The highest BCUT2D eigenvalue weighted by Crippen LogP contribution is 2.22. The van der Waals surface area contributed by atoms with Crippen LogP contribution in [0.15, 0.2) is 53.3 Å². The third-order valence-electron chi connectivity index (χ3n) is 3.22. The normalized spacial score (nSPS) is 10.8. The zero-order chi connectivity index (χ0) is 13.4. The minimum atomic E-state index is -0.123. The molecule has 0 saturated carbocycles. The van der Waals surface area contributed by atoms with E-state index in [2.05, 4.69) is 4.98 Å². The van der Waals surface area contributed by atoms with Crippen molar-refractivity contribution in [3.05, 3.63) is 58.9 Å². The van der Waals surface area contributed by atoms with Crippen molar-refractivity contribution in [2.45, 2.75) is 0 Å². The van der Waals surface area contributed by atoms with Crippen molar-refractivity contribution < 1.29 is 0 Å². The van der Waals surface area contributed by atoms with E-state index in [1.165, 1.54) is 4.57 Å². The minimum Gasteiger partial charge on any atom is -0.369 e. The quantitative estimate of drug-likeness (QED) is 0.721. The molecule has 0 unspecified atom stereocenters. The lowest BCUT2D eigenvalue weighted by Gasteiger charge is -2.06. The second-order valence-corrected chi connectivity index (χ2v) is 4.43. The summed E-state index contributed by atoms with van der Waals surface area (Å²) in [5, 5.41) is 0.580. The number of anilines is 1. The van der Waals surface area contributed by atoms with Crippen LogP contribution in [0, 0.1) is 0 Å². The molecule has 0 fully saturated rings. The number of nitrogens with zero attached hydrogens (tertiary/aromatic N) is 2. The molecule has 2 N–H and O–H groups in total. The Labute approximate surface area is 110 Å². The smallest absolute Gasteiger partial charge is 0.262 e. The summed E-state index contributed by atoms with van der Waals surface area (Å²) in [6.07, 6.45) is 0. The van der Waals surface area contributed by atoms with Crippen LogP contribution in [0.3, 0.4) is 0 Å². The zero-order valence-electron chi connectivity index (χ0n) is 10.5. The van der Waals surface area contributed by atoms with E-state index in [1.807, 2.05) is 42.5 Å². The van der Waals surface area contributed by atoms with E-state index < -0.39 is 0 Å². The summed E-state index contributed by atoms with van der Waals surface area (Å²) in [6.45, 7) is 0. The lowest BCUT2D eigenvalue weighted by atomic mass is 10.0. The maximum atomic E-state index is 12.0. The van der Waals surface area contributed by atoms with Crippen LogP contribution in [0.2, 0.25) is 0 Å². The van der Waals surface area contributed by atoms with Crippen molar-refractivity contribution in [1.29, 1.82) is 0 Å². The Morgan fingerprint density at radius 2 is 1.79 bits per heavy atom. The van der Waals surface area contributed by atoms with Gasteiger partial charge in [-0.05, 0) is 23.3 Å². The number of nitrogens with two attached hydrogens (primary N) is 1. The largest absolute Gasteiger partial charge is 0.369 e. The Kier molecular flexibility index (Phi) is 2.56. The van der Waals surface area contributed by atoms with Crippen molar-refractivity contribution in [2.24, 2.45) is 7.05 Å². The molecule has 0 radical (unpaired) electrons. The van der Waals surface area contributed by atoms with E-state index in [1.54, 1.807) is 13.1 Å². The van der Waals surface area contributed by atoms with Crippen LogP contribution in [0.4, 0.5) is 5.95 Å². The van der Waals surface area contributed by atoms with Gasteiger partial charge in [0.15, 0.2) is 0 Å². The molecule has 0 aliphatic heterocycles. The number of nitrogen functional groups attached to an aromatic ring is 1. The summed E-state index contributed by atoms with van der Waals surface area (Å²) in [7, 11) is 1.62. The van der Waals surface area contributed by atoms with Gasteiger partial charge in [-0.2, -0.15) is 0 Å². The van der Waals surface area contributed by atoms with E-state index >= 15 is 0 Å². The molecule has 0 saturated heterocycles. The van der Waals surface area contributed by atoms with Gasteiger partial charge in [-0.3, -0.25) is 9.36 Å². The Bertz CT molecular complexity index is 807. The monoisotopic (exact) mass is 251 g/mol. The van der Waals surface area contributed by atoms with Gasteiger partial charge in [0, 0.05) is 7.05 Å². The maximum Gasteiger partial charge on any atom is 0.262 e. The van der Waals surface area contributed by atoms with Gasteiger partial charge in [0.25, 0.3) is 5.56 Å². The molecule has 1 heterocycles. The molecule has 0 amide bonds. The summed E-state index contributed by atoms with van der Waals surface area (Å²) >= 11 is 0. The second kappa shape index (κ2) is 4.24. The SMILES string of the molecule is Cn1c(N)nc2cc(-c3ccccc3)ccc2c1=O. The molecule has 94 valence electrons. The fourth-order valence-corrected chi connectivity index (χ4v) is 2.10. The van der Waals surface area contributed by atoms with Crippen molar-refractivity contribution in [3.8, 4) is 11.1 Å². The molecule has 0 aliphatic rings. The third-order valence-corrected chi connectivity index (χ3v) is 3.22. The number of fused-ring (bicyclic) bond motifs is 1. The standard InChI is InChI=1S/C15H13N3O/c1-18-14(19)12-8-7-11(9-13(12)17-15(18)16)10-5-3-2-4-6-10/h2-9H,1H3,(H2,16,17). The fraction of sp³-hybridized carbons (Fsp3) is 0.0667. The molecule has 2 aromatic carbocycles. The summed E-state index contributed by atoms with van der Waals surface area (Å²) < 4.78 is 1.35. The lowest BCUT2D eigenvalue weighted by Crippen LogP contribution is -2.21. The zero-order valence-corrected chi connectivity index (χ0v) is 10.5. The van der Waals surface area contributed by atoms with Gasteiger partial charge < -0.3 is 5.73 Å². The predicted octanol–water partition coefficient (Wildman–Crippen LogP) is 2.18. The lowest BCUT2D eigenvalue weighted by molar-refractivity contribution is 0.861. The van der Waals surface area contributed by atoms with E-state index in [9.17, 15) is 4.79 Å². The van der Waals surface area contributed by atoms with Crippen LogP contribution >= 0.6 is 0 Å². The van der Waals surface area contributed by atoms with E-state index in [-0.39, 0.29) is 11.5 Å². The third kappa shape index (κ3) is 1.87. The molecular formula is C15H13N3O. The first kappa shape index (κ1) is 11.5. The minimum absolute atomic E-state index is 0.123. The maximum absolute atomic E-state index is 12.0.